The van der Waals surface area contributed by atoms with E-state index in [0.29, 0.717) is 5.69 Å². The van der Waals surface area contributed by atoms with E-state index in [1.54, 1.807) is 12.3 Å². The van der Waals surface area contributed by atoms with Crippen molar-refractivity contribution < 1.29 is 14.0 Å². The summed E-state index contributed by atoms with van der Waals surface area (Å²) in [6.07, 6.45) is 4.62. The Balaban J connectivity index is 1.78. The van der Waals surface area contributed by atoms with E-state index in [2.05, 4.69) is 15.6 Å². The van der Waals surface area contributed by atoms with Crippen LogP contribution in [-0.2, 0) is 9.59 Å². The van der Waals surface area contributed by atoms with E-state index in [4.69, 9.17) is 0 Å². The number of nitrogens with one attached hydrogen (secondary N) is 2. The Bertz CT molecular complexity index is 1010. The minimum absolute atomic E-state index is 0.0121. The van der Waals surface area contributed by atoms with Gasteiger partial charge in [0.1, 0.15) is 5.82 Å². The van der Waals surface area contributed by atoms with Crippen molar-refractivity contribution >= 4 is 40.2 Å². The average molecular weight is 349 g/mol. The predicted octanol–water partition coefficient (Wildman–Crippen LogP) is 3.98. The SMILES string of the molecule is CC(=O)Nc1ccc(F)c(NC(=O)/C=C/c2cccc3cccnc23)c1. The summed E-state index contributed by atoms with van der Waals surface area (Å²) in [6, 6.07) is 13.4. The summed E-state index contributed by atoms with van der Waals surface area (Å²) in [6.45, 7) is 1.35. The van der Waals surface area contributed by atoms with Crippen molar-refractivity contribution in [2.24, 2.45) is 0 Å². The number of nitrogens with zero attached hydrogens (tertiary/aromatic N) is 1. The molecule has 0 atom stereocenters. The maximum Gasteiger partial charge on any atom is 0.248 e. The molecule has 3 aromatic rings. The van der Waals surface area contributed by atoms with Crippen molar-refractivity contribution in [1.82, 2.24) is 4.98 Å². The first-order valence-electron chi connectivity index (χ1n) is 7.93. The van der Waals surface area contributed by atoms with E-state index in [0.717, 1.165) is 16.5 Å². The first-order valence-corrected chi connectivity index (χ1v) is 7.93. The third-order valence-electron chi connectivity index (χ3n) is 3.62. The van der Waals surface area contributed by atoms with Crippen molar-refractivity contribution in [3.8, 4) is 0 Å². The minimum atomic E-state index is -0.590. The Labute approximate surface area is 149 Å². The van der Waals surface area contributed by atoms with Crippen LogP contribution in [0.1, 0.15) is 12.5 Å². The molecule has 0 aliphatic heterocycles. The molecule has 0 radical (unpaired) electrons. The molecule has 5 nitrogen and oxygen atoms in total. The number of hydrogen-bond donors (Lipinski definition) is 2. The highest BCUT2D eigenvalue weighted by molar-refractivity contribution is 6.03. The zero-order chi connectivity index (χ0) is 18.5. The normalized spacial score (nSPS) is 10.8. The van der Waals surface area contributed by atoms with Crippen molar-refractivity contribution in [1.29, 1.82) is 0 Å². The summed E-state index contributed by atoms with van der Waals surface area (Å²) in [7, 11) is 0. The summed E-state index contributed by atoms with van der Waals surface area (Å²) in [5.74, 6) is -1.36. The number of halogens is 1. The van der Waals surface area contributed by atoms with Gasteiger partial charge in [0, 0.05) is 35.8 Å². The van der Waals surface area contributed by atoms with Crippen LogP contribution in [0.2, 0.25) is 0 Å². The third kappa shape index (κ3) is 4.10. The van der Waals surface area contributed by atoms with Gasteiger partial charge in [-0.25, -0.2) is 4.39 Å². The molecule has 2 aromatic carbocycles. The van der Waals surface area contributed by atoms with Gasteiger partial charge in [-0.3, -0.25) is 14.6 Å². The van der Waals surface area contributed by atoms with E-state index in [9.17, 15) is 14.0 Å². The van der Waals surface area contributed by atoms with E-state index < -0.39 is 11.7 Å². The third-order valence-corrected chi connectivity index (χ3v) is 3.62. The molecular formula is C20H16FN3O2. The van der Waals surface area contributed by atoms with Gasteiger partial charge in [-0.2, -0.15) is 0 Å². The highest BCUT2D eigenvalue weighted by atomic mass is 19.1. The van der Waals surface area contributed by atoms with Crippen LogP contribution in [0.25, 0.3) is 17.0 Å². The smallest absolute Gasteiger partial charge is 0.248 e. The fourth-order valence-electron chi connectivity index (χ4n) is 2.50. The molecular weight excluding hydrogens is 333 g/mol. The van der Waals surface area contributed by atoms with Gasteiger partial charge < -0.3 is 10.6 Å². The van der Waals surface area contributed by atoms with Gasteiger partial charge >= 0.3 is 0 Å². The molecule has 130 valence electrons. The summed E-state index contributed by atoms with van der Waals surface area (Å²) in [4.78, 5) is 27.5. The lowest BCUT2D eigenvalue weighted by atomic mass is 10.1. The average Bonchev–Trinajstić information content (AvgIpc) is 2.62. The van der Waals surface area contributed by atoms with Crippen LogP contribution in [0.5, 0.6) is 0 Å². The van der Waals surface area contributed by atoms with Gasteiger partial charge in [0.15, 0.2) is 0 Å². The lowest BCUT2D eigenvalue weighted by Gasteiger charge is -2.07. The Hall–Kier alpha value is -3.54. The Kier molecular flexibility index (Phi) is 5.03. The molecule has 0 spiro atoms. The lowest BCUT2D eigenvalue weighted by Crippen LogP contribution is -2.11. The van der Waals surface area contributed by atoms with E-state index in [1.807, 2.05) is 30.3 Å². The molecule has 1 heterocycles. The summed E-state index contributed by atoms with van der Waals surface area (Å²) in [5.41, 5.74) is 1.95. The molecule has 0 saturated carbocycles. The van der Waals surface area contributed by atoms with Crippen LogP contribution in [0, 0.1) is 5.82 Å². The second kappa shape index (κ2) is 7.57. The van der Waals surface area contributed by atoms with Gasteiger partial charge in [0.25, 0.3) is 0 Å². The van der Waals surface area contributed by atoms with E-state index >= 15 is 0 Å². The highest BCUT2D eigenvalue weighted by Crippen LogP contribution is 2.20. The maximum atomic E-state index is 13.9. The highest BCUT2D eigenvalue weighted by Gasteiger charge is 2.07. The largest absolute Gasteiger partial charge is 0.326 e. The van der Waals surface area contributed by atoms with Gasteiger partial charge in [0.05, 0.1) is 11.2 Å². The maximum absolute atomic E-state index is 13.9. The summed E-state index contributed by atoms with van der Waals surface area (Å²) in [5, 5.41) is 5.97. The summed E-state index contributed by atoms with van der Waals surface area (Å²) >= 11 is 0. The fraction of sp³-hybridized carbons (Fsp3) is 0.0500. The number of para-hydroxylation sites is 1. The van der Waals surface area contributed by atoms with Crippen LogP contribution >= 0.6 is 0 Å². The molecule has 0 unspecified atom stereocenters. The molecule has 0 saturated heterocycles. The number of fused-ring (bicyclic) bond motifs is 1. The fourth-order valence-corrected chi connectivity index (χ4v) is 2.50. The number of pyridine rings is 1. The van der Waals surface area contributed by atoms with Crippen molar-refractivity contribution in [3.63, 3.8) is 0 Å². The summed E-state index contributed by atoms with van der Waals surface area (Å²) < 4.78 is 13.9. The number of aromatic nitrogens is 1. The molecule has 2 amide bonds. The van der Waals surface area contributed by atoms with Crippen LogP contribution in [-0.4, -0.2) is 16.8 Å². The van der Waals surface area contributed by atoms with Gasteiger partial charge in [-0.05, 0) is 30.3 Å². The Morgan fingerprint density at radius 2 is 1.88 bits per heavy atom. The molecule has 6 heteroatoms. The number of carbonyl (C=O) groups excluding carboxylic acids is 2. The Morgan fingerprint density at radius 1 is 1.08 bits per heavy atom. The molecule has 0 aliphatic rings. The molecule has 0 fully saturated rings. The number of carbonyl (C=O) groups is 2. The molecule has 3 rings (SSSR count). The second-order valence-electron chi connectivity index (χ2n) is 5.62. The van der Waals surface area contributed by atoms with Gasteiger partial charge in [-0.1, -0.05) is 24.3 Å². The molecule has 0 bridgehead atoms. The molecule has 2 N–H and O–H groups in total. The van der Waals surface area contributed by atoms with Crippen molar-refractivity contribution in [3.05, 3.63) is 72.2 Å². The monoisotopic (exact) mass is 349 g/mol. The number of hydrogen-bond acceptors (Lipinski definition) is 3. The molecule has 0 aliphatic carbocycles. The van der Waals surface area contributed by atoms with Crippen LogP contribution < -0.4 is 10.6 Å². The predicted molar refractivity (Wildman–Crippen MR) is 100 cm³/mol. The van der Waals surface area contributed by atoms with Gasteiger partial charge in [-0.15, -0.1) is 0 Å². The Morgan fingerprint density at radius 3 is 2.69 bits per heavy atom. The number of amides is 2. The molecule has 26 heavy (non-hydrogen) atoms. The number of anilines is 2. The van der Waals surface area contributed by atoms with Gasteiger partial charge in [0.2, 0.25) is 11.8 Å². The van der Waals surface area contributed by atoms with Crippen molar-refractivity contribution in [2.45, 2.75) is 6.92 Å². The van der Waals surface area contributed by atoms with Crippen LogP contribution in [0.3, 0.4) is 0 Å². The lowest BCUT2D eigenvalue weighted by molar-refractivity contribution is -0.114. The first-order chi connectivity index (χ1) is 12.5. The number of rotatable bonds is 4. The van der Waals surface area contributed by atoms with Crippen LogP contribution in [0.4, 0.5) is 15.8 Å². The van der Waals surface area contributed by atoms with E-state index in [-0.39, 0.29) is 11.6 Å². The zero-order valence-corrected chi connectivity index (χ0v) is 14.0. The second-order valence-corrected chi connectivity index (χ2v) is 5.62. The standard InChI is InChI=1S/C20H16FN3O2/c1-13(25)23-16-8-9-17(21)18(12-16)24-19(26)10-7-15-5-2-4-14-6-3-11-22-20(14)15/h2-12H,1H3,(H,23,25)(H,24,26)/b10-7+. The minimum Gasteiger partial charge on any atom is -0.326 e. The topological polar surface area (TPSA) is 71.1 Å². The first kappa shape index (κ1) is 17.3. The van der Waals surface area contributed by atoms with E-state index in [1.165, 1.54) is 31.2 Å². The number of benzene rings is 2. The molecule has 1 aromatic heterocycles. The zero-order valence-electron chi connectivity index (χ0n) is 14.0. The van der Waals surface area contributed by atoms with Crippen molar-refractivity contribution in [2.75, 3.05) is 10.6 Å². The van der Waals surface area contributed by atoms with Crippen LogP contribution in [0.15, 0.2) is 60.8 Å². The quantitative estimate of drug-likeness (QED) is 0.700.